The number of carbonyl (C=O) groups excluding carboxylic acids is 2. The Hall–Kier alpha value is -2.13. The van der Waals surface area contributed by atoms with Crippen LogP contribution in [0.1, 0.15) is 24.4 Å². The molecule has 0 aromatic heterocycles. The molecule has 1 aromatic rings. The fraction of sp³-hybridized carbons (Fsp3) is 0.619. The highest BCUT2D eigenvalue weighted by molar-refractivity contribution is 5.89. The predicted octanol–water partition coefficient (Wildman–Crippen LogP) is 1.89. The topological polar surface area (TPSA) is 55.9 Å². The van der Waals surface area contributed by atoms with Crippen molar-refractivity contribution in [3.8, 4) is 0 Å². The number of benzene rings is 1. The molecule has 2 amide bonds. The molecule has 2 atom stereocenters. The molecule has 2 fully saturated rings. The zero-order valence-electron chi connectivity index (χ0n) is 17.2. The second kappa shape index (κ2) is 9.78. The van der Waals surface area contributed by atoms with Crippen molar-refractivity contribution >= 4 is 11.8 Å². The van der Waals surface area contributed by atoms with Crippen molar-refractivity contribution in [2.75, 3.05) is 52.9 Å². The minimum Gasteiger partial charge on any atom is -0.356 e. The Kier molecular flexibility index (Phi) is 7.36. The summed E-state index contributed by atoms with van der Waals surface area (Å²) in [4.78, 5) is 29.5. The third kappa shape index (κ3) is 6.18. The van der Waals surface area contributed by atoms with Gasteiger partial charge in [-0.2, -0.15) is 13.2 Å². The zero-order valence-corrected chi connectivity index (χ0v) is 17.2. The van der Waals surface area contributed by atoms with Crippen LogP contribution in [0.4, 0.5) is 13.2 Å². The predicted molar refractivity (Wildman–Crippen MR) is 107 cm³/mol. The molecule has 2 aliphatic heterocycles. The molecule has 2 heterocycles. The number of rotatable bonds is 7. The fourth-order valence-electron chi connectivity index (χ4n) is 4.17. The molecule has 1 N–H and O–H groups in total. The number of likely N-dealkylation sites (N-methyl/N-ethyl adjacent to an activating group) is 1. The Labute approximate surface area is 175 Å². The van der Waals surface area contributed by atoms with Crippen LogP contribution in [0.5, 0.6) is 0 Å². The minimum absolute atomic E-state index is 0.156. The van der Waals surface area contributed by atoms with Crippen LogP contribution in [-0.4, -0.2) is 85.6 Å². The summed E-state index contributed by atoms with van der Waals surface area (Å²) in [5.74, 6) is -1.66. The number of hydrogen-bond donors (Lipinski definition) is 1. The van der Waals surface area contributed by atoms with Crippen molar-refractivity contribution in [3.63, 3.8) is 0 Å². The highest BCUT2D eigenvalue weighted by Gasteiger charge is 2.40. The Morgan fingerprint density at radius 2 is 1.90 bits per heavy atom. The molecule has 2 aliphatic rings. The van der Waals surface area contributed by atoms with Gasteiger partial charge in [-0.25, -0.2) is 0 Å². The number of halogens is 3. The van der Waals surface area contributed by atoms with Gasteiger partial charge in [-0.15, -0.1) is 0 Å². The van der Waals surface area contributed by atoms with Crippen LogP contribution >= 0.6 is 0 Å². The minimum atomic E-state index is -4.45. The number of piperazine rings is 1. The quantitative estimate of drug-likeness (QED) is 0.677. The summed E-state index contributed by atoms with van der Waals surface area (Å²) in [5.41, 5.74) is 1.27. The third-order valence-corrected chi connectivity index (χ3v) is 5.76. The first-order valence-electron chi connectivity index (χ1n) is 10.3. The van der Waals surface area contributed by atoms with Crippen LogP contribution in [0.25, 0.3) is 0 Å². The molecule has 0 saturated carbocycles. The van der Waals surface area contributed by atoms with Crippen LogP contribution < -0.4 is 5.32 Å². The van der Waals surface area contributed by atoms with E-state index in [1.807, 2.05) is 18.2 Å². The largest absolute Gasteiger partial charge is 0.406 e. The van der Waals surface area contributed by atoms with Gasteiger partial charge in [0.25, 0.3) is 0 Å². The monoisotopic (exact) mass is 426 g/mol. The second-order valence-electron chi connectivity index (χ2n) is 8.16. The normalized spacial score (nSPS) is 23.7. The van der Waals surface area contributed by atoms with Gasteiger partial charge in [0.2, 0.25) is 11.8 Å². The van der Waals surface area contributed by atoms with Gasteiger partial charge in [0.15, 0.2) is 0 Å². The van der Waals surface area contributed by atoms with E-state index in [9.17, 15) is 22.8 Å². The van der Waals surface area contributed by atoms with Gasteiger partial charge in [0, 0.05) is 51.7 Å². The van der Waals surface area contributed by atoms with Gasteiger partial charge in [-0.1, -0.05) is 30.3 Å². The maximum absolute atomic E-state index is 12.5. The smallest absolute Gasteiger partial charge is 0.356 e. The maximum Gasteiger partial charge on any atom is 0.406 e. The number of nitrogens with one attached hydrogen (secondary N) is 1. The van der Waals surface area contributed by atoms with Gasteiger partial charge in [-0.3, -0.25) is 14.5 Å². The SMILES string of the molecule is CN1CCN(CCCNC(=O)C2CC(=O)N(CC(F)(F)F)C2)C(c2ccccc2)C1. The van der Waals surface area contributed by atoms with Crippen LogP contribution in [0.15, 0.2) is 30.3 Å². The third-order valence-electron chi connectivity index (χ3n) is 5.76. The lowest BCUT2D eigenvalue weighted by molar-refractivity contribution is -0.157. The van der Waals surface area contributed by atoms with Gasteiger partial charge in [-0.05, 0) is 19.0 Å². The summed E-state index contributed by atoms with van der Waals surface area (Å²) >= 11 is 0. The van der Waals surface area contributed by atoms with E-state index in [0.29, 0.717) is 12.6 Å². The summed E-state index contributed by atoms with van der Waals surface area (Å²) in [5, 5.41) is 2.80. The molecule has 2 unspecified atom stereocenters. The summed E-state index contributed by atoms with van der Waals surface area (Å²) < 4.78 is 37.5. The summed E-state index contributed by atoms with van der Waals surface area (Å²) in [6.45, 7) is 2.66. The fourth-order valence-corrected chi connectivity index (χ4v) is 4.17. The molecule has 0 radical (unpaired) electrons. The maximum atomic E-state index is 12.5. The molecule has 3 rings (SSSR count). The Balaban J connectivity index is 1.44. The van der Waals surface area contributed by atoms with E-state index in [1.54, 1.807) is 0 Å². The highest BCUT2D eigenvalue weighted by atomic mass is 19.4. The van der Waals surface area contributed by atoms with Crippen molar-refractivity contribution in [1.82, 2.24) is 20.0 Å². The standard InChI is InChI=1S/C21H29F3N4O2/c1-26-10-11-27(18(14-26)16-6-3-2-4-7-16)9-5-8-25-20(30)17-12-19(29)28(13-17)15-21(22,23)24/h2-4,6-7,17-18H,5,8-15H2,1H3,(H,25,30). The van der Waals surface area contributed by atoms with Gasteiger partial charge >= 0.3 is 6.18 Å². The van der Waals surface area contributed by atoms with Crippen molar-refractivity contribution in [2.24, 2.45) is 5.92 Å². The van der Waals surface area contributed by atoms with Crippen molar-refractivity contribution in [2.45, 2.75) is 25.1 Å². The van der Waals surface area contributed by atoms with Crippen LogP contribution in [0, 0.1) is 5.92 Å². The number of nitrogens with zero attached hydrogens (tertiary/aromatic N) is 3. The van der Waals surface area contributed by atoms with Gasteiger partial charge < -0.3 is 15.1 Å². The Bertz CT molecular complexity index is 729. The van der Waals surface area contributed by atoms with E-state index in [1.165, 1.54) is 5.56 Å². The summed E-state index contributed by atoms with van der Waals surface area (Å²) in [6.07, 6.45) is -3.86. The molecule has 30 heavy (non-hydrogen) atoms. The molecule has 0 aliphatic carbocycles. The number of carbonyl (C=O) groups is 2. The number of amides is 2. The first kappa shape index (κ1) is 22.6. The van der Waals surface area contributed by atoms with Crippen LogP contribution in [0.3, 0.4) is 0 Å². The summed E-state index contributed by atoms with van der Waals surface area (Å²) in [6, 6.07) is 10.6. The molecule has 9 heteroatoms. The van der Waals surface area contributed by atoms with E-state index < -0.39 is 24.5 Å². The van der Waals surface area contributed by atoms with E-state index >= 15 is 0 Å². The molecule has 6 nitrogen and oxygen atoms in total. The van der Waals surface area contributed by atoms with E-state index in [0.717, 1.165) is 37.5 Å². The summed E-state index contributed by atoms with van der Waals surface area (Å²) in [7, 11) is 2.11. The highest BCUT2D eigenvalue weighted by Crippen LogP contribution is 2.25. The van der Waals surface area contributed by atoms with Gasteiger partial charge in [0.1, 0.15) is 6.54 Å². The average molecular weight is 426 g/mol. The number of likely N-dealkylation sites (tertiary alicyclic amines) is 1. The molecule has 2 saturated heterocycles. The molecular weight excluding hydrogens is 397 g/mol. The van der Waals surface area contributed by atoms with Crippen molar-refractivity contribution < 1.29 is 22.8 Å². The Morgan fingerprint density at radius 3 is 2.60 bits per heavy atom. The lowest BCUT2D eigenvalue weighted by Gasteiger charge is -2.40. The second-order valence-corrected chi connectivity index (χ2v) is 8.16. The molecule has 1 aromatic carbocycles. The lowest BCUT2D eigenvalue weighted by atomic mass is 10.0. The van der Waals surface area contributed by atoms with Crippen LogP contribution in [-0.2, 0) is 9.59 Å². The molecule has 0 bridgehead atoms. The molecular formula is C21H29F3N4O2. The van der Waals surface area contributed by atoms with E-state index in [2.05, 4.69) is 34.3 Å². The van der Waals surface area contributed by atoms with Crippen molar-refractivity contribution in [3.05, 3.63) is 35.9 Å². The molecule has 0 spiro atoms. The Morgan fingerprint density at radius 1 is 1.17 bits per heavy atom. The number of hydrogen-bond acceptors (Lipinski definition) is 4. The van der Waals surface area contributed by atoms with Crippen LogP contribution in [0.2, 0.25) is 0 Å². The van der Waals surface area contributed by atoms with Gasteiger partial charge in [0.05, 0.1) is 5.92 Å². The first-order chi connectivity index (χ1) is 14.2. The van der Waals surface area contributed by atoms with E-state index in [4.69, 9.17) is 0 Å². The van der Waals surface area contributed by atoms with E-state index in [-0.39, 0.29) is 18.9 Å². The van der Waals surface area contributed by atoms with Crippen molar-refractivity contribution in [1.29, 1.82) is 0 Å². The molecule has 166 valence electrons. The first-order valence-corrected chi connectivity index (χ1v) is 10.3. The number of alkyl halides is 3. The lowest BCUT2D eigenvalue weighted by Crippen LogP contribution is -2.47. The zero-order chi connectivity index (χ0) is 21.7. The average Bonchev–Trinajstić information content (AvgIpc) is 3.05.